The van der Waals surface area contributed by atoms with E-state index >= 15 is 0 Å². The van der Waals surface area contributed by atoms with E-state index in [1.165, 1.54) is 0 Å². The van der Waals surface area contributed by atoms with Crippen LogP contribution in [0.3, 0.4) is 0 Å². The first kappa shape index (κ1) is 14.5. The number of piperidine rings is 2. The van der Waals surface area contributed by atoms with E-state index in [-0.39, 0.29) is 18.2 Å². The van der Waals surface area contributed by atoms with Crippen molar-refractivity contribution in [3.63, 3.8) is 0 Å². The predicted octanol–water partition coefficient (Wildman–Crippen LogP) is 3.35. The summed E-state index contributed by atoms with van der Waals surface area (Å²) in [6.45, 7) is 0. The van der Waals surface area contributed by atoms with E-state index in [1.54, 1.807) is 0 Å². The molecular weight excluding hydrogens is 286 g/mol. The number of hydrogen-bond acceptors (Lipinski definition) is 2. The van der Waals surface area contributed by atoms with Crippen LogP contribution in [0.1, 0.15) is 42.5 Å². The molecule has 3 rings (SSSR count). The number of carbonyl (C=O) groups is 1. The molecule has 0 radical (unpaired) electrons. The summed E-state index contributed by atoms with van der Waals surface area (Å²) in [5.41, 5.74) is -1.07. The van der Waals surface area contributed by atoms with Crippen LogP contribution in [-0.4, -0.2) is 17.9 Å². The fourth-order valence-electron chi connectivity index (χ4n) is 3.47. The molecule has 2 heterocycles. The van der Waals surface area contributed by atoms with Gasteiger partial charge in [0.2, 0.25) is 0 Å². The lowest BCUT2D eigenvalue weighted by molar-refractivity contribution is 0.0813. The van der Waals surface area contributed by atoms with Gasteiger partial charge < -0.3 is 5.32 Å². The SMILES string of the molecule is O=C(c1c(F)c(F)cc(F)c1F)C1CC2CCCC(C1)N2. The van der Waals surface area contributed by atoms with Crippen molar-refractivity contribution in [2.45, 2.75) is 44.2 Å². The molecule has 2 bridgehead atoms. The molecule has 0 aromatic heterocycles. The average Bonchev–Trinajstić information content (AvgIpc) is 2.45. The van der Waals surface area contributed by atoms with Crippen molar-refractivity contribution >= 4 is 5.78 Å². The van der Waals surface area contributed by atoms with Gasteiger partial charge in [-0.15, -0.1) is 0 Å². The Morgan fingerprint density at radius 3 is 2.05 bits per heavy atom. The van der Waals surface area contributed by atoms with E-state index < -0.39 is 40.5 Å². The van der Waals surface area contributed by atoms with E-state index in [4.69, 9.17) is 0 Å². The maximum atomic E-state index is 13.7. The molecule has 2 fully saturated rings. The molecule has 1 N–H and O–H groups in total. The highest BCUT2D eigenvalue weighted by molar-refractivity contribution is 5.98. The minimum Gasteiger partial charge on any atom is -0.311 e. The van der Waals surface area contributed by atoms with Gasteiger partial charge in [0.25, 0.3) is 0 Å². The second-order valence-electron chi connectivity index (χ2n) is 5.87. The molecule has 2 saturated heterocycles. The molecule has 114 valence electrons. The lowest BCUT2D eigenvalue weighted by Gasteiger charge is -2.39. The Bertz CT molecular complexity index is 551. The number of carbonyl (C=O) groups excluding carboxylic acids is 1. The quantitative estimate of drug-likeness (QED) is 0.515. The van der Waals surface area contributed by atoms with E-state index in [2.05, 4.69) is 5.32 Å². The molecule has 2 nitrogen and oxygen atoms in total. The van der Waals surface area contributed by atoms with Crippen LogP contribution in [0.4, 0.5) is 17.6 Å². The summed E-state index contributed by atoms with van der Waals surface area (Å²) in [5, 5.41) is 3.35. The van der Waals surface area contributed by atoms with Gasteiger partial charge >= 0.3 is 0 Å². The first-order chi connectivity index (χ1) is 9.97. The van der Waals surface area contributed by atoms with Crippen molar-refractivity contribution in [1.29, 1.82) is 0 Å². The third-order valence-corrected chi connectivity index (χ3v) is 4.44. The van der Waals surface area contributed by atoms with Crippen molar-refractivity contribution in [2.75, 3.05) is 0 Å². The van der Waals surface area contributed by atoms with E-state index in [0.29, 0.717) is 12.8 Å². The van der Waals surface area contributed by atoms with Gasteiger partial charge in [0.05, 0.1) is 5.56 Å². The van der Waals surface area contributed by atoms with Crippen LogP contribution < -0.4 is 5.32 Å². The number of halogens is 4. The number of benzene rings is 1. The summed E-state index contributed by atoms with van der Waals surface area (Å²) in [5.74, 6) is -7.68. The summed E-state index contributed by atoms with van der Waals surface area (Å²) < 4.78 is 53.9. The van der Waals surface area contributed by atoms with Gasteiger partial charge in [-0.2, -0.15) is 0 Å². The highest BCUT2D eigenvalue weighted by Gasteiger charge is 2.37. The van der Waals surface area contributed by atoms with Crippen LogP contribution >= 0.6 is 0 Å². The number of ketones is 1. The fourth-order valence-corrected chi connectivity index (χ4v) is 3.47. The normalized spacial score (nSPS) is 28.5. The number of fused-ring (bicyclic) bond motifs is 2. The van der Waals surface area contributed by atoms with Gasteiger partial charge in [0, 0.05) is 24.1 Å². The lowest BCUT2D eigenvalue weighted by atomic mass is 9.77. The maximum Gasteiger partial charge on any atom is 0.172 e. The molecule has 2 aliphatic rings. The maximum absolute atomic E-state index is 13.7. The Morgan fingerprint density at radius 1 is 1.00 bits per heavy atom. The first-order valence-corrected chi connectivity index (χ1v) is 7.10. The Morgan fingerprint density at radius 2 is 1.52 bits per heavy atom. The molecule has 2 unspecified atom stereocenters. The lowest BCUT2D eigenvalue weighted by Crippen LogP contribution is -2.50. The molecular formula is C15H15F4NO. The largest absolute Gasteiger partial charge is 0.311 e. The summed E-state index contributed by atoms with van der Waals surface area (Å²) >= 11 is 0. The van der Waals surface area contributed by atoms with Crippen LogP contribution in [0.2, 0.25) is 0 Å². The van der Waals surface area contributed by atoms with Crippen LogP contribution in [0, 0.1) is 29.2 Å². The number of nitrogens with one attached hydrogen (secondary N) is 1. The summed E-state index contributed by atoms with van der Waals surface area (Å²) in [4.78, 5) is 12.3. The molecule has 21 heavy (non-hydrogen) atoms. The zero-order valence-electron chi connectivity index (χ0n) is 11.3. The van der Waals surface area contributed by atoms with Crippen LogP contribution in [0.5, 0.6) is 0 Å². The second kappa shape index (κ2) is 5.40. The van der Waals surface area contributed by atoms with E-state index in [9.17, 15) is 22.4 Å². The Kier molecular flexibility index (Phi) is 3.73. The molecule has 0 aliphatic carbocycles. The zero-order valence-corrected chi connectivity index (χ0v) is 11.3. The summed E-state index contributed by atoms with van der Waals surface area (Å²) in [7, 11) is 0. The summed E-state index contributed by atoms with van der Waals surface area (Å²) in [6, 6.07) is 0.394. The highest BCUT2D eigenvalue weighted by atomic mass is 19.2. The zero-order chi connectivity index (χ0) is 15.1. The van der Waals surface area contributed by atoms with Gasteiger partial charge in [-0.25, -0.2) is 17.6 Å². The van der Waals surface area contributed by atoms with Crippen LogP contribution in [0.25, 0.3) is 0 Å². The predicted molar refractivity (Wildman–Crippen MR) is 67.9 cm³/mol. The molecule has 2 aliphatic heterocycles. The smallest absolute Gasteiger partial charge is 0.172 e. The molecule has 0 spiro atoms. The summed E-state index contributed by atoms with van der Waals surface area (Å²) in [6.07, 6.45) is 3.77. The standard InChI is InChI=1S/C15H15F4NO/c16-10-6-11(17)14(19)12(13(10)18)15(21)7-4-8-2-1-3-9(5-7)20-8/h6-9,20H,1-5H2. The van der Waals surface area contributed by atoms with Crippen molar-refractivity contribution < 1.29 is 22.4 Å². The third kappa shape index (κ3) is 2.57. The van der Waals surface area contributed by atoms with Crippen molar-refractivity contribution in [1.82, 2.24) is 5.32 Å². The minimum atomic E-state index is -1.59. The molecule has 6 heteroatoms. The molecule has 1 aromatic carbocycles. The average molecular weight is 301 g/mol. The van der Waals surface area contributed by atoms with E-state index in [1.807, 2.05) is 0 Å². The molecule has 2 atom stereocenters. The molecule has 0 amide bonds. The Balaban J connectivity index is 1.92. The Labute approximate surface area is 119 Å². The van der Waals surface area contributed by atoms with Gasteiger partial charge in [-0.3, -0.25) is 4.79 Å². The van der Waals surface area contributed by atoms with Crippen molar-refractivity contribution in [3.05, 3.63) is 34.9 Å². The molecule has 1 aromatic rings. The number of hydrogen-bond donors (Lipinski definition) is 1. The van der Waals surface area contributed by atoms with Crippen molar-refractivity contribution in [3.8, 4) is 0 Å². The number of rotatable bonds is 2. The monoisotopic (exact) mass is 301 g/mol. The minimum absolute atomic E-state index is 0.124. The van der Waals surface area contributed by atoms with Crippen LogP contribution in [-0.2, 0) is 0 Å². The van der Waals surface area contributed by atoms with Crippen LogP contribution in [0.15, 0.2) is 6.07 Å². The first-order valence-electron chi connectivity index (χ1n) is 7.10. The van der Waals surface area contributed by atoms with Gasteiger partial charge in [-0.05, 0) is 25.7 Å². The highest BCUT2D eigenvalue weighted by Crippen LogP contribution is 2.33. The van der Waals surface area contributed by atoms with Crippen molar-refractivity contribution in [2.24, 2.45) is 5.92 Å². The third-order valence-electron chi connectivity index (χ3n) is 4.44. The van der Waals surface area contributed by atoms with Gasteiger partial charge in [0.15, 0.2) is 29.1 Å². The fraction of sp³-hybridized carbons (Fsp3) is 0.533. The Hall–Kier alpha value is -1.43. The topological polar surface area (TPSA) is 29.1 Å². The second-order valence-corrected chi connectivity index (χ2v) is 5.87. The van der Waals surface area contributed by atoms with E-state index in [0.717, 1.165) is 19.3 Å². The van der Waals surface area contributed by atoms with Gasteiger partial charge in [-0.1, -0.05) is 6.42 Å². The molecule has 0 saturated carbocycles. The number of Topliss-reactive ketones (excluding diaryl/α,β-unsaturated/α-hetero) is 1. The van der Waals surface area contributed by atoms with Gasteiger partial charge in [0.1, 0.15) is 0 Å².